The molecular formula is C11H15N3. The Balaban J connectivity index is 2.63. The van der Waals surface area contributed by atoms with Gasteiger partial charge in [0.25, 0.3) is 0 Å². The average molecular weight is 189 g/mol. The number of nitrogens with two attached hydrogens (primary N) is 1. The Morgan fingerprint density at radius 1 is 1.43 bits per heavy atom. The van der Waals surface area contributed by atoms with Crippen LogP contribution in [0.2, 0.25) is 0 Å². The van der Waals surface area contributed by atoms with Crippen LogP contribution < -0.4 is 5.73 Å². The maximum absolute atomic E-state index is 5.60. The summed E-state index contributed by atoms with van der Waals surface area (Å²) in [5.41, 5.74) is 7.87. The van der Waals surface area contributed by atoms with Crippen molar-refractivity contribution in [1.29, 1.82) is 0 Å². The first-order chi connectivity index (χ1) is 6.72. The first-order valence-corrected chi connectivity index (χ1v) is 4.88. The van der Waals surface area contributed by atoms with E-state index in [2.05, 4.69) is 35.5 Å². The molecule has 0 spiro atoms. The highest BCUT2D eigenvalue weighted by molar-refractivity contribution is 5.47. The van der Waals surface area contributed by atoms with Crippen molar-refractivity contribution >= 4 is 5.52 Å². The molecule has 0 fully saturated rings. The SMILES string of the molecule is CC(C)c1ncc2ccc(CN)cn12. The van der Waals surface area contributed by atoms with Gasteiger partial charge >= 0.3 is 0 Å². The first-order valence-electron chi connectivity index (χ1n) is 4.88. The molecule has 2 rings (SSSR count). The minimum atomic E-state index is 0.436. The van der Waals surface area contributed by atoms with Gasteiger partial charge in [0.05, 0.1) is 11.7 Å². The zero-order chi connectivity index (χ0) is 10.1. The summed E-state index contributed by atoms with van der Waals surface area (Å²) in [7, 11) is 0. The topological polar surface area (TPSA) is 43.3 Å². The van der Waals surface area contributed by atoms with Gasteiger partial charge in [-0.2, -0.15) is 0 Å². The van der Waals surface area contributed by atoms with Gasteiger partial charge in [-0.1, -0.05) is 19.9 Å². The van der Waals surface area contributed by atoms with Crippen LogP contribution in [0.25, 0.3) is 5.52 Å². The van der Waals surface area contributed by atoms with Crippen molar-refractivity contribution in [2.45, 2.75) is 26.3 Å². The molecule has 2 N–H and O–H groups in total. The lowest BCUT2D eigenvalue weighted by atomic mass is 10.2. The molecule has 3 heteroatoms. The number of aromatic nitrogens is 2. The van der Waals surface area contributed by atoms with Gasteiger partial charge in [-0.25, -0.2) is 4.98 Å². The lowest BCUT2D eigenvalue weighted by molar-refractivity contribution is 0.767. The second-order valence-electron chi connectivity index (χ2n) is 3.81. The van der Waals surface area contributed by atoms with Crippen LogP contribution in [0, 0.1) is 0 Å². The highest BCUT2D eigenvalue weighted by Crippen LogP contribution is 2.16. The van der Waals surface area contributed by atoms with Gasteiger partial charge in [0.2, 0.25) is 0 Å². The van der Waals surface area contributed by atoms with E-state index in [0.29, 0.717) is 12.5 Å². The third-order valence-electron chi connectivity index (χ3n) is 2.37. The summed E-state index contributed by atoms with van der Waals surface area (Å²) >= 11 is 0. The van der Waals surface area contributed by atoms with Crippen LogP contribution in [0.15, 0.2) is 24.5 Å². The maximum atomic E-state index is 5.60. The molecule has 0 aliphatic heterocycles. The number of hydrogen-bond acceptors (Lipinski definition) is 2. The summed E-state index contributed by atoms with van der Waals surface area (Å²) in [5.74, 6) is 1.53. The number of hydrogen-bond donors (Lipinski definition) is 1. The van der Waals surface area contributed by atoms with E-state index >= 15 is 0 Å². The van der Waals surface area contributed by atoms with Gasteiger partial charge < -0.3 is 10.1 Å². The van der Waals surface area contributed by atoms with Crippen LogP contribution in [0.4, 0.5) is 0 Å². The molecule has 3 nitrogen and oxygen atoms in total. The maximum Gasteiger partial charge on any atom is 0.115 e. The third kappa shape index (κ3) is 1.40. The first kappa shape index (κ1) is 9.21. The fourth-order valence-electron chi connectivity index (χ4n) is 1.60. The zero-order valence-corrected chi connectivity index (χ0v) is 8.57. The second kappa shape index (κ2) is 3.42. The van der Waals surface area contributed by atoms with Gasteiger partial charge in [0.15, 0.2) is 0 Å². The Hall–Kier alpha value is -1.35. The predicted molar refractivity (Wildman–Crippen MR) is 57.2 cm³/mol. The monoisotopic (exact) mass is 189 g/mol. The smallest absolute Gasteiger partial charge is 0.115 e. The normalized spacial score (nSPS) is 11.4. The van der Waals surface area contributed by atoms with Crippen molar-refractivity contribution in [3.05, 3.63) is 35.9 Å². The molecule has 2 heterocycles. The molecule has 0 aromatic carbocycles. The van der Waals surface area contributed by atoms with Crippen molar-refractivity contribution < 1.29 is 0 Å². The minimum absolute atomic E-state index is 0.436. The summed E-state index contributed by atoms with van der Waals surface area (Å²) in [6.07, 6.45) is 3.97. The quantitative estimate of drug-likeness (QED) is 0.784. The molecule has 0 unspecified atom stereocenters. The van der Waals surface area contributed by atoms with Gasteiger partial charge in [-0.15, -0.1) is 0 Å². The molecule has 0 aliphatic carbocycles. The molecule has 14 heavy (non-hydrogen) atoms. The number of nitrogens with zero attached hydrogens (tertiary/aromatic N) is 2. The molecule has 0 radical (unpaired) electrons. The van der Waals surface area contributed by atoms with Crippen molar-refractivity contribution in [1.82, 2.24) is 9.38 Å². The summed E-state index contributed by atoms with van der Waals surface area (Å²) in [5, 5.41) is 0. The molecule has 0 atom stereocenters. The van der Waals surface area contributed by atoms with Crippen LogP contribution in [-0.4, -0.2) is 9.38 Å². The molecule has 0 aliphatic rings. The Kier molecular flexibility index (Phi) is 2.25. The molecule has 0 saturated heterocycles. The van der Waals surface area contributed by atoms with Crippen LogP contribution in [0.1, 0.15) is 31.2 Å². The average Bonchev–Trinajstić information content (AvgIpc) is 2.59. The Morgan fingerprint density at radius 2 is 2.21 bits per heavy atom. The number of rotatable bonds is 2. The molecular weight excluding hydrogens is 174 g/mol. The summed E-state index contributed by atoms with van der Waals surface area (Å²) < 4.78 is 2.12. The van der Waals surface area contributed by atoms with Crippen LogP contribution in [-0.2, 0) is 6.54 Å². The fraction of sp³-hybridized carbons (Fsp3) is 0.364. The Morgan fingerprint density at radius 3 is 2.86 bits per heavy atom. The zero-order valence-electron chi connectivity index (χ0n) is 8.57. The van der Waals surface area contributed by atoms with Crippen molar-refractivity contribution in [2.24, 2.45) is 5.73 Å². The highest BCUT2D eigenvalue weighted by atomic mass is 15.0. The lowest BCUT2D eigenvalue weighted by Gasteiger charge is -2.05. The van der Waals surface area contributed by atoms with Gasteiger partial charge in [-0.05, 0) is 11.6 Å². The summed E-state index contributed by atoms with van der Waals surface area (Å²) in [6, 6.07) is 4.10. The van der Waals surface area contributed by atoms with Gasteiger partial charge in [-0.3, -0.25) is 0 Å². The Labute approximate surface area is 83.6 Å². The van der Waals surface area contributed by atoms with E-state index < -0.39 is 0 Å². The summed E-state index contributed by atoms with van der Waals surface area (Å²) in [6.45, 7) is 4.86. The molecule has 74 valence electrons. The van der Waals surface area contributed by atoms with Crippen molar-refractivity contribution in [3.63, 3.8) is 0 Å². The third-order valence-corrected chi connectivity index (χ3v) is 2.37. The second-order valence-corrected chi connectivity index (χ2v) is 3.81. The standard InChI is InChI=1S/C11H15N3/c1-8(2)11-13-6-10-4-3-9(5-12)7-14(10)11/h3-4,6-8H,5,12H2,1-2H3. The number of imidazole rings is 1. The highest BCUT2D eigenvalue weighted by Gasteiger charge is 2.06. The summed E-state index contributed by atoms with van der Waals surface area (Å²) in [4.78, 5) is 4.39. The number of pyridine rings is 1. The van der Waals surface area contributed by atoms with Crippen molar-refractivity contribution in [3.8, 4) is 0 Å². The van der Waals surface area contributed by atoms with Crippen LogP contribution in [0.3, 0.4) is 0 Å². The van der Waals surface area contributed by atoms with Crippen LogP contribution >= 0.6 is 0 Å². The number of fused-ring (bicyclic) bond motifs is 1. The lowest BCUT2D eigenvalue weighted by Crippen LogP contribution is -2.01. The Bertz CT molecular complexity index is 443. The van der Waals surface area contributed by atoms with E-state index in [4.69, 9.17) is 5.73 Å². The van der Waals surface area contributed by atoms with E-state index in [9.17, 15) is 0 Å². The van der Waals surface area contributed by atoms with Crippen molar-refractivity contribution in [2.75, 3.05) is 0 Å². The molecule has 2 aromatic rings. The van der Waals surface area contributed by atoms with E-state index in [1.165, 1.54) is 0 Å². The van der Waals surface area contributed by atoms with E-state index in [1.807, 2.05) is 12.3 Å². The minimum Gasteiger partial charge on any atom is -0.326 e. The molecule has 0 amide bonds. The van der Waals surface area contributed by atoms with Gasteiger partial charge in [0, 0.05) is 18.7 Å². The fourth-order valence-corrected chi connectivity index (χ4v) is 1.60. The molecule has 2 aromatic heterocycles. The van der Waals surface area contributed by atoms with Gasteiger partial charge in [0.1, 0.15) is 5.82 Å². The largest absolute Gasteiger partial charge is 0.326 e. The van der Waals surface area contributed by atoms with E-state index in [-0.39, 0.29) is 0 Å². The predicted octanol–water partition coefficient (Wildman–Crippen LogP) is 1.92. The van der Waals surface area contributed by atoms with E-state index in [1.54, 1.807) is 0 Å². The molecule has 0 saturated carbocycles. The van der Waals surface area contributed by atoms with E-state index in [0.717, 1.165) is 16.9 Å². The molecule has 0 bridgehead atoms. The van der Waals surface area contributed by atoms with Crippen LogP contribution in [0.5, 0.6) is 0 Å².